The Morgan fingerprint density at radius 2 is 1.78 bits per heavy atom. The SMILES string of the molecule is COc1ccc(OC)c(C(=O)Nc2cccc(C(F)(F)F)c2)c1. The van der Waals surface area contributed by atoms with Gasteiger partial charge < -0.3 is 14.8 Å². The summed E-state index contributed by atoms with van der Waals surface area (Å²) in [6.45, 7) is 0. The molecule has 2 aromatic carbocycles. The molecule has 0 bridgehead atoms. The zero-order valence-electron chi connectivity index (χ0n) is 12.4. The van der Waals surface area contributed by atoms with Gasteiger partial charge in [-0.2, -0.15) is 13.2 Å². The minimum absolute atomic E-state index is 0.0368. The maximum Gasteiger partial charge on any atom is 0.416 e. The van der Waals surface area contributed by atoms with Crippen LogP contribution in [0.3, 0.4) is 0 Å². The molecule has 2 rings (SSSR count). The molecule has 0 aliphatic heterocycles. The Morgan fingerprint density at radius 3 is 2.39 bits per heavy atom. The van der Waals surface area contributed by atoms with Crippen LogP contribution in [0.5, 0.6) is 11.5 Å². The Kier molecular flexibility index (Phi) is 4.78. The third-order valence-corrected chi connectivity index (χ3v) is 3.10. The molecule has 0 fully saturated rings. The molecular formula is C16H14F3NO3. The van der Waals surface area contributed by atoms with Gasteiger partial charge in [0, 0.05) is 5.69 Å². The highest BCUT2D eigenvalue weighted by atomic mass is 19.4. The number of amides is 1. The van der Waals surface area contributed by atoms with Crippen molar-refractivity contribution < 1.29 is 27.4 Å². The lowest BCUT2D eigenvalue weighted by molar-refractivity contribution is -0.137. The van der Waals surface area contributed by atoms with Crippen LogP contribution in [0.1, 0.15) is 15.9 Å². The zero-order valence-corrected chi connectivity index (χ0v) is 12.4. The molecule has 0 saturated heterocycles. The Balaban J connectivity index is 2.29. The van der Waals surface area contributed by atoms with E-state index in [0.29, 0.717) is 5.75 Å². The van der Waals surface area contributed by atoms with Gasteiger partial charge in [-0.05, 0) is 36.4 Å². The van der Waals surface area contributed by atoms with Crippen LogP contribution in [0.15, 0.2) is 42.5 Å². The number of hydrogen-bond donors (Lipinski definition) is 1. The van der Waals surface area contributed by atoms with Crippen LogP contribution in [0.2, 0.25) is 0 Å². The van der Waals surface area contributed by atoms with Crippen LogP contribution in [-0.4, -0.2) is 20.1 Å². The second-order valence-electron chi connectivity index (χ2n) is 4.60. The molecule has 0 atom stereocenters. The number of benzene rings is 2. The number of hydrogen-bond acceptors (Lipinski definition) is 3. The van der Waals surface area contributed by atoms with Gasteiger partial charge in [-0.25, -0.2) is 0 Å². The number of carbonyl (C=O) groups is 1. The smallest absolute Gasteiger partial charge is 0.416 e. The maximum atomic E-state index is 12.7. The fourth-order valence-electron chi connectivity index (χ4n) is 1.96. The third kappa shape index (κ3) is 3.94. The summed E-state index contributed by atoms with van der Waals surface area (Å²) in [5.74, 6) is 0.121. The lowest BCUT2D eigenvalue weighted by atomic mass is 10.1. The second-order valence-corrected chi connectivity index (χ2v) is 4.60. The van der Waals surface area contributed by atoms with Gasteiger partial charge in [0.05, 0.1) is 25.3 Å². The summed E-state index contributed by atoms with van der Waals surface area (Å²) < 4.78 is 48.2. The first-order valence-corrected chi connectivity index (χ1v) is 6.56. The fraction of sp³-hybridized carbons (Fsp3) is 0.188. The van der Waals surface area contributed by atoms with Crippen molar-refractivity contribution in [3.8, 4) is 11.5 Å². The van der Waals surface area contributed by atoms with Gasteiger partial charge in [0.15, 0.2) is 0 Å². The molecule has 2 aromatic rings. The van der Waals surface area contributed by atoms with Crippen LogP contribution in [-0.2, 0) is 6.18 Å². The number of rotatable bonds is 4. The molecule has 0 aliphatic rings. The summed E-state index contributed by atoms with van der Waals surface area (Å²) in [5, 5.41) is 2.42. The van der Waals surface area contributed by atoms with Crippen molar-refractivity contribution in [2.75, 3.05) is 19.5 Å². The molecule has 1 amide bonds. The molecular weight excluding hydrogens is 311 g/mol. The third-order valence-electron chi connectivity index (χ3n) is 3.10. The van der Waals surface area contributed by atoms with Gasteiger partial charge in [-0.15, -0.1) is 0 Å². The summed E-state index contributed by atoms with van der Waals surface area (Å²) >= 11 is 0. The molecule has 1 N–H and O–H groups in total. The number of alkyl halides is 3. The first kappa shape index (κ1) is 16.7. The minimum Gasteiger partial charge on any atom is -0.497 e. The summed E-state index contributed by atoms with van der Waals surface area (Å²) in [4.78, 5) is 12.3. The summed E-state index contributed by atoms with van der Waals surface area (Å²) in [7, 11) is 2.83. The van der Waals surface area contributed by atoms with Crippen molar-refractivity contribution in [3.63, 3.8) is 0 Å². The number of carbonyl (C=O) groups excluding carboxylic acids is 1. The Morgan fingerprint density at radius 1 is 1.04 bits per heavy atom. The average molecular weight is 325 g/mol. The predicted molar refractivity (Wildman–Crippen MR) is 78.9 cm³/mol. The Bertz CT molecular complexity index is 714. The van der Waals surface area contributed by atoms with Gasteiger partial charge in [0.1, 0.15) is 11.5 Å². The summed E-state index contributed by atoms with van der Waals surface area (Å²) in [6, 6.07) is 8.99. The van der Waals surface area contributed by atoms with Gasteiger partial charge in [0.2, 0.25) is 0 Å². The molecule has 0 radical (unpaired) electrons. The van der Waals surface area contributed by atoms with Gasteiger partial charge >= 0.3 is 6.18 Å². The van der Waals surface area contributed by atoms with Crippen LogP contribution in [0, 0.1) is 0 Å². The van der Waals surface area contributed by atoms with Crippen molar-refractivity contribution in [2.45, 2.75) is 6.18 Å². The number of methoxy groups -OCH3 is 2. The van der Waals surface area contributed by atoms with Crippen LogP contribution < -0.4 is 14.8 Å². The average Bonchev–Trinajstić information content (AvgIpc) is 2.53. The van der Waals surface area contributed by atoms with E-state index in [1.807, 2.05) is 0 Å². The Hall–Kier alpha value is -2.70. The van der Waals surface area contributed by atoms with E-state index >= 15 is 0 Å². The maximum absolute atomic E-state index is 12.7. The molecule has 4 nitrogen and oxygen atoms in total. The molecule has 122 valence electrons. The molecule has 23 heavy (non-hydrogen) atoms. The van der Waals surface area contributed by atoms with Crippen molar-refractivity contribution in [3.05, 3.63) is 53.6 Å². The van der Waals surface area contributed by atoms with Crippen LogP contribution in [0.4, 0.5) is 18.9 Å². The van der Waals surface area contributed by atoms with Crippen molar-refractivity contribution in [1.82, 2.24) is 0 Å². The monoisotopic (exact) mass is 325 g/mol. The first-order valence-electron chi connectivity index (χ1n) is 6.56. The van der Waals surface area contributed by atoms with Crippen molar-refractivity contribution in [2.24, 2.45) is 0 Å². The highest BCUT2D eigenvalue weighted by Gasteiger charge is 2.30. The van der Waals surface area contributed by atoms with Gasteiger partial charge in [-0.1, -0.05) is 6.07 Å². The largest absolute Gasteiger partial charge is 0.497 e. The van der Waals surface area contributed by atoms with E-state index in [2.05, 4.69) is 5.32 Å². The van der Waals surface area contributed by atoms with E-state index in [4.69, 9.17) is 9.47 Å². The molecule has 7 heteroatoms. The normalized spacial score (nSPS) is 11.0. The molecule has 0 aliphatic carbocycles. The molecule has 0 unspecified atom stereocenters. The Labute approximate surface area is 130 Å². The van der Waals surface area contributed by atoms with Crippen LogP contribution >= 0.6 is 0 Å². The highest BCUT2D eigenvalue weighted by Crippen LogP contribution is 2.31. The van der Waals surface area contributed by atoms with Gasteiger partial charge in [-0.3, -0.25) is 4.79 Å². The topological polar surface area (TPSA) is 47.6 Å². The fourth-order valence-corrected chi connectivity index (χ4v) is 1.96. The van der Waals surface area contributed by atoms with E-state index in [1.165, 1.54) is 32.4 Å². The minimum atomic E-state index is -4.48. The van der Waals surface area contributed by atoms with Gasteiger partial charge in [0.25, 0.3) is 5.91 Å². The summed E-state index contributed by atoms with van der Waals surface area (Å²) in [5.41, 5.74) is -0.646. The molecule has 0 saturated carbocycles. The van der Waals surface area contributed by atoms with E-state index in [0.717, 1.165) is 12.1 Å². The van der Waals surface area contributed by atoms with E-state index in [-0.39, 0.29) is 17.0 Å². The second kappa shape index (κ2) is 6.60. The van der Waals surface area contributed by atoms with Crippen molar-refractivity contribution >= 4 is 11.6 Å². The summed E-state index contributed by atoms with van der Waals surface area (Å²) in [6.07, 6.45) is -4.48. The standard InChI is InChI=1S/C16H14F3NO3/c1-22-12-6-7-14(23-2)13(9-12)15(21)20-11-5-3-4-10(8-11)16(17,18)19/h3-9H,1-2H3,(H,20,21). The predicted octanol–water partition coefficient (Wildman–Crippen LogP) is 3.97. The lowest BCUT2D eigenvalue weighted by Crippen LogP contribution is -2.14. The molecule has 0 aromatic heterocycles. The number of halogens is 3. The molecule has 0 spiro atoms. The quantitative estimate of drug-likeness (QED) is 0.925. The van der Waals surface area contributed by atoms with E-state index in [9.17, 15) is 18.0 Å². The zero-order chi connectivity index (χ0) is 17.0. The van der Waals surface area contributed by atoms with E-state index < -0.39 is 17.6 Å². The van der Waals surface area contributed by atoms with Crippen LogP contribution in [0.25, 0.3) is 0 Å². The van der Waals surface area contributed by atoms with Crippen molar-refractivity contribution in [1.29, 1.82) is 0 Å². The molecule has 0 heterocycles. The number of nitrogens with one attached hydrogen (secondary N) is 1. The van der Waals surface area contributed by atoms with E-state index in [1.54, 1.807) is 12.1 Å². The number of anilines is 1. The number of ether oxygens (including phenoxy) is 2. The lowest BCUT2D eigenvalue weighted by Gasteiger charge is -2.12. The highest BCUT2D eigenvalue weighted by molar-refractivity contribution is 6.06. The first-order chi connectivity index (χ1) is 10.8.